The molecule has 0 aliphatic carbocycles. The van der Waals surface area contributed by atoms with Gasteiger partial charge in [0, 0.05) is 71.0 Å². The van der Waals surface area contributed by atoms with Crippen molar-refractivity contribution in [1.29, 1.82) is 0 Å². The SMILES string of the molecule is CN1c2ccc(OCCCNCc3ccc(CN4CCOCC4)cc3)cc2OC1c1ccc(OCCCNCc2ccc(CN3CCOCC3)cc2)cc1. The molecule has 0 amide bonds. The standard InChI is InChI=1S/C44H57N5O5/c1-47-42-17-16-41(53-25-3-19-46-32-36-6-10-38(11-7-36)34-49-22-28-51-29-23-49)30-43(42)54-44(47)39-12-14-40(15-13-39)52-24-2-18-45-31-35-4-8-37(9-5-35)33-48-20-26-50-27-21-48/h4-17,30,44-46H,2-3,18-29,31-34H2,1H3. The van der Waals surface area contributed by atoms with Crippen LogP contribution in [-0.2, 0) is 35.7 Å². The fourth-order valence-corrected chi connectivity index (χ4v) is 7.12. The van der Waals surface area contributed by atoms with E-state index in [1.807, 2.05) is 24.3 Å². The predicted molar refractivity (Wildman–Crippen MR) is 213 cm³/mol. The van der Waals surface area contributed by atoms with Gasteiger partial charge in [-0.05, 0) is 84.6 Å². The van der Waals surface area contributed by atoms with Gasteiger partial charge in [-0.1, -0.05) is 48.5 Å². The third-order valence-corrected chi connectivity index (χ3v) is 10.3. The zero-order chi connectivity index (χ0) is 36.8. The summed E-state index contributed by atoms with van der Waals surface area (Å²) in [5.74, 6) is 2.54. The number of hydrogen-bond donors (Lipinski definition) is 2. The molecule has 2 N–H and O–H groups in total. The molecule has 0 aromatic heterocycles. The summed E-state index contributed by atoms with van der Waals surface area (Å²) in [6, 6.07) is 32.3. The smallest absolute Gasteiger partial charge is 0.198 e. The molecular weight excluding hydrogens is 679 g/mol. The summed E-state index contributed by atoms with van der Waals surface area (Å²) >= 11 is 0. The molecule has 0 bridgehead atoms. The van der Waals surface area contributed by atoms with E-state index in [0.717, 1.165) is 133 Å². The molecule has 1 atom stereocenters. The Morgan fingerprint density at radius 2 is 1.07 bits per heavy atom. The number of ether oxygens (including phenoxy) is 5. The summed E-state index contributed by atoms with van der Waals surface area (Å²) in [4.78, 5) is 7.07. The molecule has 288 valence electrons. The summed E-state index contributed by atoms with van der Waals surface area (Å²) in [7, 11) is 2.07. The Kier molecular flexibility index (Phi) is 14.1. The first kappa shape index (κ1) is 38.1. The zero-order valence-corrected chi connectivity index (χ0v) is 31.8. The molecule has 3 aliphatic rings. The maximum atomic E-state index is 6.40. The van der Waals surface area contributed by atoms with Crippen molar-refractivity contribution in [2.75, 3.05) is 90.9 Å². The molecule has 4 aromatic rings. The molecule has 4 aromatic carbocycles. The van der Waals surface area contributed by atoms with Gasteiger partial charge in [0.25, 0.3) is 0 Å². The number of anilines is 1. The minimum Gasteiger partial charge on any atom is -0.494 e. The van der Waals surface area contributed by atoms with Crippen molar-refractivity contribution in [3.63, 3.8) is 0 Å². The summed E-state index contributed by atoms with van der Waals surface area (Å²) in [5, 5.41) is 7.09. The average molecular weight is 736 g/mol. The maximum Gasteiger partial charge on any atom is 0.198 e. The van der Waals surface area contributed by atoms with E-state index in [2.05, 4.69) is 99.1 Å². The molecule has 10 nitrogen and oxygen atoms in total. The highest BCUT2D eigenvalue weighted by atomic mass is 16.5. The van der Waals surface area contributed by atoms with Crippen LogP contribution in [0.4, 0.5) is 5.69 Å². The van der Waals surface area contributed by atoms with Crippen LogP contribution in [0.15, 0.2) is 91.0 Å². The van der Waals surface area contributed by atoms with Crippen LogP contribution in [0, 0.1) is 0 Å². The highest BCUT2D eigenvalue weighted by Gasteiger charge is 2.30. The number of rotatable bonds is 19. The molecular formula is C44H57N5O5. The van der Waals surface area contributed by atoms with Crippen molar-refractivity contribution in [2.45, 2.75) is 45.2 Å². The van der Waals surface area contributed by atoms with Crippen molar-refractivity contribution in [1.82, 2.24) is 20.4 Å². The number of nitrogens with one attached hydrogen (secondary N) is 2. The fraction of sp³-hybridized carbons (Fsp3) is 0.455. The molecule has 0 radical (unpaired) electrons. The Balaban J connectivity index is 0.756. The van der Waals surface area contributed by atoms with Gasteiger partial charge < -0.3 is 39.2 Å². The highest BCUT2D eigenvalue weighted by molar-refractivity contribution is 5.64. The lowest BCUT2D eigenvalue weighted by molar-refractivity contribution is 0.0341. The van der Waals surface area contributed by atoms with Gasteiger partial charge in [-0.25, -0.2) is 0 Å². The van der Waals surface area contributed by atoms with E-state index in [1.54, 1.807) is 0 Å². The van der Waals surface area contributed by atoms with Crippen LogP contribution < -0.4 is 29.7 Å². The monoisotopic (exact) mass is 735 g/mol. The number of fused-ring (bicyclic) bond motifs is 1. The van der Waals surface area contributed by atoms with Gasteiger partial charge in [0.15, 0.2) is 6.23 Å². The van der Waals surface area contributed by atoms with E-state index < -0.39 is 0 Å². The maximum absolute atomic E-state index is 6.40. The van der Waals surface area contributed by atoms with Crippen LogP contribution in [0.5, 0.6) is 17.2 Å². The Bertz CT molecular complexity index is 1690. The van der Waals surface area contributed by atoms with Gasteiger partial charge in [-0.2, -0.15) is 0 Å². The van der Waals surface area contributed by atoms with Crippen molar-refractivity contribution < 1.29 is 23.7 Å². The minimum atomic E-state index is -0.195. The normalized spacial score (nSPS) is 17.6. The highest BCUT2D eigenvalue weighted by Crippen LogP contribution is 2.44. The van der Waals surface area contributed by atoms with Crippen molar-refractivity contribution in [3.05, 3.63) is 119 Å². The van der Waals surface area contributed by atoms with Gasteiger partial charge in [-0.15, -0.1) is 0 Å². The summed E-state index contributed by atoms with van der Waals surface area (Å²) in [6.07, 6.45) is 1.66. The second-order valence-corrected chi connectivity index (χ2v) is 14.4. The summed E-state index contributed by atoms with van der Waals surface area (Å²) in [6.45, 7) is 14.2. The van der Waals surface area contributed by atoms with Gasteiger partial charge in [0.05, 0.1) is 45.3 Å². The molecule has 0 spiro atoms. The van der Waals surface area contributed by atoms with Gasteiger partial charge in [0.1, 0.15) is 17.2 Å². The van der Waals surface area contributed by atoms with E-state index in [0.29, 0.717) is 13.2 Å². The molecule has 3 heterocycles. The van der Waals surface area contributed by atoms with Crippen molar-refractivity contribution in [2.24, 2.45) is 0 Å². The summed E-state index contributed by atoms with van der Waals surface area (Å²) in [5.41, 5.74) is 7.46. The molecule has 1 unspecified atom stereocenters. The third-order valence-electron chi connectivity index (χ3n) is 10.3. The summed E-state index contributed by atoms with van der Waals surface area (Å²) < 4.78 is 29.5. The van der Waals surface area contributed by atoms with Crippen molar-refractivity contribution >= 4 is 5.69 Å². The molecule has 0 saturated carbocycles. The number of nitrogens with zero attached hydrogens (tertiary/aromatic N) is 3. The molecule has 10 heteroatoms. The van der Waals surface area contributed by atoms with Crippen LogP contribution in [0.25, 0.3) is 0 Å². The van der Waals surface area contributed by atoms with Crippen LogP contribution >= 0.6 is 0 Å². The van der Waals surface area contributed by atoms with E-state index in [9.17, 15) is 0 Å². The van der Waals surface area contributed by atoms with Crippen LogP contribution in [0.2, 0.25) is 0 Å². The number of benzene rings is 4. The largest absolute Gasteiger partial charge is 0.494 e. The molecule has 2 fully saturated rings. The topological polar surface area (TPSA) is 79.9 Å². The lowest BCUT2D eigenvalue weighted by Crippen LogP contribution is -2.35. The van der Waals surface area contributed by atoms with Gasteiger partial charge in [0.2, 0.25) is 0 Å². The average Bonchev–Trinajstić information content (AvgIpc) is 3.54. The van der Waals surface area contributed by atoms with Crippen LogP contribution in [0.1, 0.15) is 46.9 Å². The fourth-order valence-electron chi connectivity index (χ4n) is 7.12. The molecule has 3 aliphatic heterocycles. The second-order valence-electron chi connectivity index (χ2n) is 14.4. The predicted octanol–water partition coefficient (Wildman–Crippen LogP) is 6.00. The van der Waals surface area contributed by atoms with Crippen LogP contribution in [-0.4, -0.2) is 95.8 Å². The van der Waals surface area contributed by atoms with Crippen LogP contribution in [0.3, 0.4) is 0 Å². The Morgan fingerprint density at radius 1 is 0.593 bits per heavy atom. The first-order valence-electron chi connectivity index (χ1n) is 19.7. The molecule has 54 heavy (non-hydrogen) atoms. The third kappa shape index (κ3) is 11.2. The first-order valence-corrected chi connectivity index (χ1v) is 19.7. The van der Waals surface area contributed by atoms with E-state index >= 15 is 0 Å². The Labute approximate surface area is 321 Å². The van der Waals surface area contributed by atoms with E-state index in [1.165, 1.54) is 22.3 Å². The van der Waals surface area contributed by atoms with Gasteiger partial charge in [-0.3, -0.25) is 9.80 Å². The number of morpholine rings is 2. The van der Waals surface area contributed by atoms with E-state index in [4.69, 9.17) is 23.7 Å². The Hall–Kier alpha value is -4.16. The second kappa shape index (κ2) is 20.0. The molecule has 2 saturated heterocycles. The zero-order valence-electron chi connectivity index (χ0n) is 31.8. The van der Waals surface area contributed by atoms with Crippen molar-refractivity contribution in [3.8, 4) is 17.2 Å². The first-order chi connectivity index (χ1) is 26.7. The minimum absolute atomic E-state index is 0.195. The quantitative estimate of drug-likeness (QED) is 0.112. The molecule has 7 rings (SSSR count). The van der Waals surface area contributed by atoms with E-state index in [-0.39, 0.29) is 6.23 Å². The van der Waals surface area contributed by atoms with Gasteiger partial charge >= 0.3 is 0 Å². The lowest BCUT2D eigenvalue weighted by Gasteiger charge is -2.26. The number of hydrogen-bond acceptors (Lipinski definition) is 10. The lowest BCUT2D eigenvalue weighted by atomic mass is 10.1. The Morgan fingerprint density at radius 3 is 1.61 bits per heavy atom.